The second-order valence-electron chi connectivity index (χ2n) is 5.25. The van der Waals surface area contributed by atoms with Crippen LogP contribution in [0.3, 0.4) is 0 Å². The average Bonchev–Trinajstić information content (AvgIpc) is 2.53. The zero-order valence-electron chi connectivity index (χ0n) is 12.8. The van der Waals surface area contributed by atoms with Gasteiger partial charge in [-0.05, 0) is 30.7 Å². The van der Waals surface area contributed by atoms with Crippen molar-refractivity contribution in [3.63, 3.8) is 0 Å². The van der Waals surface area contributed by atoms with Crippen LogP contribution in [0.1, 0.15) is 21.6 Å². The zero-order valence-corrected chi connectivity index (χ0v) is 12.8. The quantitative estimate of drug-likeness (QED) is 0.711. The van der Waals surface area contributed by atoms with E-state index in [1.54, 1.807) is 12.3 Å². The number of ether oxygens (including phenoxy) is 1. The fraction of sp³-hybridized carbons (Fsp3) is 0.118. The van der Waals surface area contributed by atoms with Gasteiger partial charge in [0.2, 0.25) is 0 Å². The SMILES string of the molecule is Cc1cccn2c(=O)cc(COC(=O)c3ccc(O)cc3O)nc12. The van der Waals surface area contributed by atoms with E-state index in [4.69, 9.17) is 4.74 Å². The Labute approximate surface area is 136 Å². The number of carbonyl (C=O) groups is 1. The van der Waals surface area contributed by atoms with Crippen molar-refractivity contribution in [2.24, 2.45) is 0 Å². The summed E-state index contributed by atoms with van der Waals surface area (Å²) in [6, 6.07) is 8.42. The summed E-state index contributed by atoms with van der Waals surface area (Å²) in [4.78, 5) is 28.4. The van der Waals surface area contributed by atoms with Gasteiger partial charge >= 0.3 is 5.97 Å². The Bertz CT molecular complexity index is 994. The number of hydrogen-bond acceptors (Lipinski definition) is 6. The maximum Gasteiger partial charge on any atom is 0.342 e. The highest BCUT2D eigenvalue weighted by Crippen LogP contribution is 2.23. The molecular formula is C17H14N2O5. The van der Waals surface area contributed by atoms with Crippen molar-refractivity contribution in [3.8, 4) is 11.5 Å². The summed E-state index contributed by atoms with van der Waals surface area (Å²) in [6.45, 7) is 1.62. The molecule has 0 radical (unpaired) electrons. The van der Waals surface area contributed by atoms with Crippen molar-refractivity contribution in [1.82, 2.24) is 9.38 Å². The molecule has 122 valence electrons. The Morgan fingerprint density at radius 3 is 2.79 bits per heavy atom. The number of pyridine rings is 1. The van der Waals surface area contributed by atoms with Gasteiger partial charge < -0.3 is 14.9 Å². The Morgan fingerprint density at radius 2 is 2.04 bits per heavy atom. The first-order valence-corrected chi connectivity index (χ1v) is 7.13. The molecule has 0 spiro atoms. The molecule has 7 nitrogen and oxygen atoms in total. The molecule has 3 rings (SSSR count). The van der Waals surface area contributed by atoms with Gasteiger partial charge in [-0.1, -0.05) is 6.07 Å². The summed E-state index contributed by atoms with van der Waals surface area (Å²) in [5.74, 6) is -1.33. The summed E-state index contributed by atoms with van der Waals surface area (Å²) in [6.07, 6.45) is 1.61. The van der Waals surface area contributed by atoms with E-state index in [2.05, 4.69) is 4.98 Å². The van der Waals surface area contributed by atoms with E-state index in [1.165, 1.54) is 22.6 Å². The molecule has 0 saturated heterocycles. The van der Waals surface area contributed by atoms with E-state index in [9.17, 15) is 19.8 Å². The molecular weight excluding hydrogens is 312 g/mol. The summed E-state index contributed by atoms with van der Waals surface area (Å²) < 4.78 is 6.50. The molecule has 2 N–H and O–H groups in total. The zero-order chi connectivity index (χ0) is 17.3. The number of phenolic OH excluding ortho intramolecular Hbond substituents is 2. The first-order valence-electron chi connectivity index (χ1n) is 7.13. The molecule has 24 heavy (non-hydrogen) atoms. The smallest absolute Gasteiger partial charge is 0.342 e. The van der Waals surface area contributed by atoms with Gasteiger partial charge in [-0.3, -0.25) is 9.20 Å². The van der Waals surface area contributed by atoms with Crippen LogP contribution in [0.4, 0.5) is 0 Å². The van der Waals surface area contributed by atoms with Crippen LogP contribution in [0.15, 0.2) is 47.4 Å². The second kappa shape index (κ2) is 6.04. The molecule has 0 aliphatic rings. The highest BCUT2D eigenvalue weighted by atomic mass is 16.5. The van der Waals surface area contributed by atoms with Crippen molar-refractivity contribution >= 4 is 11.6 Å². The van der Waals surface area contributed by atoms with Crippen LogP contribution in [-0.4, -0.2) is 25.6 Å². The normalized spacial score (nSPS) is 10.7. The predicted molar refractivity (Wildman–Crippen MR) is 85.1 cm³/mol. The number of phenols is 2. The molecule has 0 fully saturated rings. The van der Waals surface area contributed by atoms with Crippen LogP contribution in [0.25, 0.3) is 5.65 Å². The van der Waals surface area contributed by atoms with Crippen molar-refractivity contribution in [2.45, 2.75) is 13.5 Å². The molecule has 0 bridgehead atoms. The first kappa shape index (κ1) is 15.5. The number of esters is 1. The summed E-state index contributed by atoms with van der Waals surface area (Å²) >= 11 is 0. The predicted octanol–water partition coefficient (Wildman–Crippen LogP) is 1.77. The molecule has 2 aromatic heterocycles. The minimum atomic E-state index is -0.778. The number of hydrogen-bond donors (Lipinski definition) is 2. The molecule has 2 heterocycles. The molecule has 7 heteroatoms. The van der Waals surface area contributed by atoms with Crippen LogP contribution >= 0.6 is 0 Å². The van der Waals surface area contributed by atoms with Crippen LogP contribution < -0.4 is 5.56 Å². The van der Waals surface area contributed by atoms with E-state index < -0.39 is 5.97 Å². The number of aryl methyl sites for hydroxylation is 1. The number of aromatic hydroxyl groups is 2. The summed E-state index contributed by atoms with van der Waals surface area (Å²) in [7, 11) is 0. The van der Waals surface area contributed by atoms with Crippen LogP contribution in [0.5, 0.6) is 11.5 Å². The number of fused-ring (bicyclic) bond motifs is 1. The molecule has 0 aliphatic carbocycles. The van der Waals surface area contributed by atoms with Gasteiger partial charge in [0.25, 0.3) is 5.56 Å². The molecule has 0 unspecified atom stereocenters. The van der Waals surface area contributed by atoms with Gasteiger partial charge in [0.05, 0.1) is 5.69 Å². The largest absolute Gasteiger partial charge is 0.508 e. The van der Waals surface area contributed by atoms with E-state index >= 15 is 0 Å². The molecule has 0 aliphatic heterocycles. The molecule has 3 aromatic rings. The van der Waals surface area contributed by atoms with Crippen LogP contribution in [0.2, 0.25) is 0 Å². The fourth-order valence-electron chi connectivity index (χ4n) is 2.29. The lowest BCUT2D eigenvalue weighted by Crippen LogP contribution is -2.17. The van der Waals surface area contributed by atoms with Crippen LogP contribution in [0, 0.1) is 6.92 Å². The van der Waals surface area contributed by atoms with Crippen LogP contribution in [-0.2, 0) is 11.3 Å². The third-order valence-electron chi connectivity index (χ3n) is 3.49. The minimum Gasteiger partial charge on any atom is -0.508 e. The maximum atomic E-state index is 12.1. The fourth-order valence-corrected chi connectivity index (χ4v) is 2.29. The first-order chi connectivity index (χ1) is 11.5. The highest BCUT2D eigenvalue weighted by molar-refractivity contribution is 5.92. The molecule has 0 saturated carbocycles. The van der Waals surface area contributed by atoms with Gasteiger partial charge in [0.15, 0.2) is 0 Å². The van der Waals surface area contributed by atoms with Gasteiger partial charge in [0.1, 0.15) is 29.3 Å². The monoisotopic (exact) mass is 326 g/mol. The van der Waals surface area contributed by atoms with E-state index in [1.807, 2.05) is 13.0 Å². The topological polar surface area (TPSA) is 101 Å². The van der Waals surface area contributed by atoms with Gasteiger partial charge in [0, 0.05) is 18.3 Å². The second-order valence-corrected chi connectivity index (χ2v) is 5.25. The average molecular weight is 326 g/mol. The third-order valence-corrected chi connectivity index (χ3v) is 3.49. The number of carbonyl (C=O) groups excluding carboxylic acids is 1. The summed E-state index contributed by atoms with van der Waals surface area (Å²) in [5, 5.41) is 18.9. The van der Waals surface area contributed by atoms with Crippen molar-refractivity contribution in [1.29, 1.82) is 0 Å². The van der Waals surface area contributed by atoms with E-state index in [-0.39, 0.29) is 29.2 Å². The van der Waals surface area contributed by atoms with E-state index in [0.717, 1.165) is 11.6 Å². The number of nitrogens with zero attached hydrogens (tertiary/aromatic N) is 2. The lowest BCUT2D eigenvalue weighted by Gasteiger charge is -2.08. The summed E-state index contributed by atoms with van der Waals surface area (Å²) in [5.41, 5.74) is 1.26. The Balaban J connectivity index is 1.84. The van der Waals surface area contributed by atoms with Crippen molar-refractivity contribution in [3.05, 3.63) is 69.8 Å². The maximum absolute atomic E-state index is 12.1. The number of benzene rings is 1. The molecule has 0 amide bonds. The van der Waals surface area contributed by atoms with Crippen molar-refractivity contribution in [2.75, 3.05) is 0 Å². The van der Waals surface area contributed by atoms with E-state index in [0.29, 0.717) is 11.3 Å². The van der Waals surface area contributed by atoms with Gasteiger partial charge in [-0.2, -0.15) is 0 Å². The van der Waals surface area contributed by atoms with Gasteiger partial charge in [-0.15, -0.1) is 0 Å². The lowest BCUT2D eigenvalue weighted by atomic mass is 10.2. The standard InChI is InChI=1S/C17H14N2O5/c1-10-3-2-6-19-15(22)7-11(18-16(10)19)9-24-17(23)13-5-4-12(20)8-14(13)21/h2-8,20-21H,9H2,1H3. The third kappa shape index (κ3) is 2.91. The Kier molecular flexibility index (Phi) is 3.91. The van der Waals surface area contributed by atoms with Crippen molar-refractivity contribution < 1.29 is 19.7 Å². The van der Waals surface area contributed by atoms with Gasteiger partial charge in [-0.25, -0.2) is 9.78 Å². The minimum absolute atomic E-state index is 0.0820. The number of rotatable bonds is 3. The Morgan fingerprint density at radius 1 is 1.25 bits per heavy atom. The number of aromatic nitrogens is 2. The Hall–Kier alpha value is -3.35. The molecule has 1 aromatic carbocycles. The molecule has 0 atom stereocenters. The lowest BCUT2D eigenvalue weighted by molar-refractivity contribution is 0.0464. The highest BCUT2D eigenvalue weighted by Gasteiger charge is 2.14.